The molecule has 0 radical (unpaired) electrons. The van der Waals surface area contributed by atoms with E-state index >= 15 is 0 Å². The Labute approximate surface area is 116 Å². The molecule has 0 aromatic heterocycles. The zero-order valence-corrected chi connectivity index (χ0v) is 11.6. The van der Waals surface area contributed by atoms with E-state index in [2.05, 4.69) is 49.4 Å². The lowest BCUT2D eigenvalue weighted by Crippen LogP contribution is -2.01. The average molecular weight is 254 g/mol. The molecular formula is C18H22O. The van der Waals surface area contributed by atoms with Crippen molar-refractivity contribution in [2.24, 2.45) is 0 Å². The van der Waals surface area contributed by atoms with Crippen molar-refractivity contribution in [3.8, 4) is 5.75 Å². The van der Waals surface area contributed by atoms with Crippen LogP contribution in [0.2, 0.25) is 0 Å². The molecule has 0 spiro atoms. The number of ether oxygens (including phenoxy) is 1. The first-order valence-corrected chi connectivity index (χ1v) is 7.14. The molecule has 0 atom stereocenters. The number of aryl methyl sites for hydroxylation is 1. The van der Waals surface area contributed by atoms with Gasteiger partial charge in [-0.2, -0.15) is 0 Å². The van der Waals surface area contributed by atoms with E-state index in [1.807, 2.05) is 12.1 Å². The molecule has 2 aromatic rings. The maximum absolute atomic E-state index is 5.83. The van der Waals surface area contributed by atoms with Crippen LogP contribution in [-0.4, -0.2) is 6.61 Å². The van der Waals surface area contributed by atoms with Crippen molar-refractivity contribution < 1.29 is 4.74 Å². The molecular weight excluding hydrogens is 232 g/mol. The van der Waals surface area contributed by atoms with E-state index in [0.29, 0.717) is 0 Å². The van der Waals surface area contributed by atoms with Gasteiger partial charge in [-0.3, -0.25) is 0 Å². The van der Waals surface area contributed by atoms with Gasteiger partial charge in [0.1, 0.15) is 5.75 Å². The standard InChI is InChI=1S/C18H22O/c1-2-3-8-17-11-7-12-18(15-17)19-14-13-16-9-5-4-6-10-16/h4-7,9-12,15H,2-3,8,13-14H2,1H3. The van der Waals surface area contributed by atoms with E-state index in [9.17, 15) is 0 Å². The second-order valence-corrected chi connectivity index (χ2v) is 4.84. The summed E-state index contributed by atoms with van der Waals surface area (Å²) in [5.74, 6) is 0.990. The summed E-state index contributed by atoms with van der Waals surface area (Å²) < 4.78 is 5.83. The topological polar surface area (TPSA) is 9.23 Å². The highest BCUT2D eigenvalue weighted by atomic mass is 16.5. The predicted octanol–water partition coefficient (Wildman–Crippen LogP) is 4.65. The molecule has 0 fully saturated rings. The molecule has 1 nitrogen and oxygen atoms in total. The van der Waals surface area contributed by atoms with E-state index in [4.69, 9.17) is 4.74 Å². The zero-order valence-electron chi connectivity index (χ0n) is 11.6. The highest BCUT2D eigenvalue weighted by Gasteiger charge is 1.98. The summed E-state index contributed by atoms with van der Waals surface area (Å²) in [4.78, 5) is 0. The maximum Gasteiger partial charge on any atom is 0.119 e. The molecule has 0 N–H and O–H groups in total. The molecule has 2 aromatic carbocycles. The summed E-state index contributed by atoms with van der Waals surface area (Å²) in [5, 5.41) is 0. The first-order chi connectivity index (χ1) is 9.38. The monoisotopic (exact) mass is 254 g/mol. The fourth-order valence-electron chi connectivity index (χ4n) is 2.10. The van der Waals surface area contributed by atoms with Crippen LogP contribution in [0.3, 0.4) is 0 Å². The Morgan fingerprint density at radius 1 is 0.842 bits per heavy atom. The zero-order chi connectivity index (χ0) is 13.3. The Morgan fingerprint density at radius 2 is 1.63 bits per heavy atom. The minimum absolute atomic E-state index is 0.737. The summed E-state index contributed by atoms with van der Waals surface area (Å²) in [6.45, 7) is 2.96. The van der Waals surface area contributed by atoms with E-state index < -0.39 is 0 Å². The molecule has 0 saturated heterocycles. The van der Waals surface area contributed by atoms with Gasteiger partial charge in [0, 0.05) is 6.42 Å². The van der Waals surface area contributed by atoms with Crippen molar-refractivity contribution in [2.75, 3.05) is 6.61 Å². The van der Waals surface area contributed by atoms with E-state index in [-0.39, 0.29) is 0 Å². The smallest absolute Gasteiger partial charge is 0.119 e. The van der Waals surface area contributed by atoms with Crippen LogP contribution in [0, 0.1) is 0 Å². The third kappa shape index (κ3) is 4.78. The molecule has 100 valence electrons. The number of rotatable bonds is 7. The van der Waals surface area contributed by atoms with E-state index in [1.165, 1.54) is 24.0 Å². The first-order valence-electron chi connectivity index (χ1n) is 7.14. The van der Waals surface area contributed by atoms with Crippen molar-refractivity contribution in [1.82, 2.24) is 0 Å². The Bertz CT molecular complexity index is 476. The number of benzene rings is 2. The fraction of sp³-hybridized carbons (Fsp3) is 0.333. The van der Waals surface area contributed by atoms with Crippen molar-refractivity contribution in [2.45, 2.75) is 32.6 Å². The minimum atomic E-state index is 0.737. The van der Waals surface area contributed by atoms with Gasteiger partial charge in [0.05, 0.1) is 6.61 Å². The van der Waals surface area contributed by atoms with Gasteiger partial charge in [0.15, 0.2) is 0 Å². The molecule has 0 aliphatic heterocycles. The lowest BCUT2D eigenvalue weighted by molar-refractivity contribution is 0.321. The predicted molar refractivity (Wildman–Crippen MR) is 80.7 cm³/mol. The highest BCUT2D eigenvalue weighted by molar-refractivity contribution is 5.28. The molecule has 19 heavy (non-hydrogen) atoms. The summed E-state index contributed by atoms with van der Waals surface area (Å²) in [5.41, 5.74) is 2.70. The van der Waals surface area contributed by atoms with Crippen molar-refractivity contribution in [1.29, 1.82) is 0 Å². The van der Waals surface area contributed by atoms with Crippen LogP contribution >= 0.6 is 0 Å². The lowest BCUT2D eigenvalue weighted by atomic mass is 10.1. The van der Waals surface area contributed by atoms with Gasteiger partial charge >= 0.3 is 0 Å². The molecule has 0 aliphatic carbocycles. The minimum Gasteiger partial charge on any atom is -0.493 e. The Balaban J connectivity index is 1.82. The van der Waals surface area contributed by atoms with Crippen LogP contribution in [0.25, 0.3) is 0 Å². The summed E-state index contributed by atoms with van der Waals surface area (Å²) in [7, 11) is 0. The summed E-state index contributed by atoms with van der Waals surface area (Å²) in [6.07, 6.45) is 4.58. The van der Waals surface area contributed by atoms with Crippen molar-refractivity contribution in [3.05, 3.63) is 65.7 Å². The molecule has 0 unspecified atom stereocenters. The van der Waals surface area contributed by atoms with E-state index in [0.717, 1.165) is 25.2 Å². The van der Waals surface area contributed by atoms with Crippen LogP contribution in [0.5, 0.6) is 5.75 Å². The fourth-order valence-corrected chi connectivity index (χ4v) is 2.10. The van der Waals surface area contributed by atoms with Crippen molar-refractivity contribution >= 4 is 0 Å². The Kier molecular flexibility index (Phi) is 5.49. The van der Waals surface area contributed by atoms with Gasteiger partial charge in [-0.05, 0) is 36.1 Å². The van der Waals surface area contributed by atoms with Crippen LogP contribution in [0.15, 0.2) is 54.6 Å². The molecule has 0 amide bonds. The number of hydrogen-bond acceptors (Lipinski definition) is 1. The van der Waals surface area contributed by atoms with Crippen LogP contribution in [0.1, 0.15) is 30.9 Å². The average Bonchev–Trinajstić information content (AvgIpc) is 2.47. The van der Waals surface area contributed by atoms with Gasteiger partial charge in [-0.15, -0.1) is 0 Å². The van der Waals surface area contributed by atoms with Crippen molar-refractivity contribution in [3.63, 3.8) is 0 Å². The largest absolute Gasteiger partial charge is 0.493 e. The SMILES string of the molecule is CCCCc1cccc(OCCc2ccccc2)c1. The molecule has 0 saturated carbocycles. The normalized spacial score (nSPS) is 10.4. The summed E-state index contributed by atoms with van der Waals surface area (Å²) in [6, 6.07) is 18.9. The third-order valence-corrected chi connectivity index (χ3v) is 3.22. The highest BCUT2D eigenvalue weighted by Crippen LogP contribution is 2.15. The first kappa shape index (κ1) is 13.7. The van der Waals surface area contributed by atoms with Gasteiger partial charge in [-0.25, -0.2) is 0 Å². The molecule has 1 heteroatoms. The Morgan fingerprint density at radius 3 is 2.42 bits per heavy atom. The second-order valence-electron chi connectivity index (χ2n) is 4.84. The number of hydrogen-bond donors (Lipinski definition) is 0. The quantitative estimate of drug-likeness (QED) is 0.698. The van der Waals surface area contributed by atoms with E-state index in [1.54, 1.807) is 0 Å². The van der Waals surface area contributed by atoms with Gasteiger partial charge in [-0.1, -0.05) is 55.8 Å². The number of unbranched alkanes of at least 4 members (excludes halogenated alkanes) is 1. The molecule has 0 bridgehead atoms. The summed E-state index contributed by atoms with van der Waals surface area (Å²) >= 11 is 0. The van der Waals surface area contributed by atoms with Gasteiger partial charge < -0.3 is 4.74 Å². The molecule has 0 aliphatic rings. The van der Waals surface area contributed by atoms with Crippen LogP contribution in [0.4, 0.5) is 0 Å². The molecule has 2 rings (SSSR count). The van der Waals surface area contributed by atoms with Crippen LogP contribution < -0.4 is 4.74 Å². The maximum atomic E-state index is 5.83. The van der Waals surface area contributed by atoms with Gasteiger partial charge in [0.25, 0.3) is 0 Å². The van der Waals surface area contributed by atoms with Crippen LogP contribution in [-0.2, 0) is 12.8 Å². The lowest BCUT2D eigenvalue weighted by Gasteiger charge is -2.08. The Hall–Kier alpha value is -1.76. The second kappa shape index (κ2) is 7.63. The molecule has 0 heterocycles. The third-order valence-electron chi connectivity index (χ3n) is 3.22. The van der Waals surface area contributed by atoms with Gasteiger partial charge in [0.2, 0.25) is 0 Å².